The van der Waals surface area contributed by atoms with Gasteiger partial charge in [-0.1, -0.05) is 200 Å². The van der Waals surface area contributed by atoms with Gasteiger partial charge in [-0.2, -0.15) is 0 Å². The van der Waals surface area contributed by atoms with E-state index in [0.717, 1.165) is 50.4 Å². The van der Waals surface area contributed by atoms with Gasteiger partial charge in [0.2, 0.25) is 0 Å². The summed E-state index contributed by atoms with van der Waals surface area (Å²) in [6.07, 6.45) is 0. The smallest absolute Gasteiger partial charge is 0.0547 e. The molecule has 0 atom stereocenters. The van der Waals surface area contributed by atoms with Crippen molar-refractivity contribution >= 4 is 109 Å². The first-order valence-corrected chi connectivity index (χ1v) is 31.0. The normalized spacial score (nSPS) is 12.0. The number of para-hydroxylation sites is 4. The Hall–Kier alpha value is -12.0. The zero-order chi connectivity index (χ0) is 59.0. The number of fused-ring (bicyclic) bond motifs is 14. The summed E-state index contributed by atoms with van der Waals surface area (Å²) in [5, 5.41) is 14.8. The highest BCUT2D eigenvalue weighted by molar-refractivity contribution is 6.16. The van der Waals surface area contributed by atoms with E-state index >= 15 is 0 Å². The van der Waals surface area contributed by atoms with Gasteiger partial charge in [0.1, 0.15) is 0 Å². The third-order valence-corrected chi connectivity index (χ3v) is 19.1. The molecule has 0 aliphatic carbocycles. The molecule has 0 saturated heterocycles. The average Bonchev–Trinajstić information content (AvgIpc) is 1.69. The van der Waals surface area contributed by atoms with Gasteiger partial charge in [-0.05, 0) is 193 Å². The van der Waals surface area contributed by atoms with Crippen LogP contribution in [-0.4, -0.2) is 18.3 Å². The number of benzene rings is 15. The Bertz CT molecular complexity index is 6130. The second-order valence-corrected chi connectivity index (χ2v) is 24.1. The summed E-state index contributed by atoms with van der Waals surface area (Å²) < 4.78 is 9.72. The van der Waals surface area contributed by atoms with E-state index in [-0.39, 0.29) is 0 Å². The Morgan fingerprint density at radius 1 is 0.133 bits per heavy atom. The molecule has 4 heterocycles. The summed E-state index contributed by atoms with van der Waals surface area (Å²) in [6.45, 7) is 0. The van der Waals surface area contributed by atoms with Gasteiger partial charge < -0.3 is 18.3 Å². The lowest BCUT2D eigenvalue weighted by Gasteiger charge is -2.12. The minimum absolute atomic E-state index is 1.12. The van der Waals surface area contributed by atoms with Gasteiger partial charge in [-0.3, -0.25) is 0 Å². The van der Waals surface area contributed by atoms with Crippen LogP contribution in [0.25, 0.3) is 176 Å². The fourth-order valence-corrected chi connectivity index (χ4v) is 14.8. The third kappa shape index (κ3) is 7.81. The van der Waals surface area contributed by atoms with E-state index < -0.39 is 0 Å². The predicted octanol–water partition coefficient (Wildman–Crippen LogP) is 23.0. The fraction of sp³-hybridized carbons (Fsp3) is 0. The second-order valence-electron chi connectivity index (χ2n) is 24.1. The lowest BCUT2D eigenvalue weighted by atomic mass is 9.98. The molecule has 0 fully saturated rings. The maximum Gasteiger partial charge on any atom is 0.0547 e. The monoisotopic (exact) mass is 1140 g/mol. The lowest BCUT2D eigenvalue weighted by Crippen LogP contribution is -1.95. The van der Waals surface area contributed by atoms with E-state index in [2.05, 4.69) is 346 Å². The first-order valence-electron chi connectivity index (χ1n) is 31.0. The standard InChI is InChI=1S/C86H54N4/c1-3-19-67(20-4-1)87-79-25-13-11-23-71(79)75-49-61(34-43-81(75)87)64-36-45-83-78(52-64)74-42-33-66(54-86(74)89(83)69-38-29-57(30-39-69)60-28-27-55-15-7-9-17-58(55)47-60)65-32-41-73-77-51-63(35-44-82(77)88(85(73)53-65)68-21-5-2-6-22-68)62-37-46-84-76(50-62)72-24-12-14-26-80(72)90(84)70-40-31-56-16-8-10-18-59(56)48-70/h1-54H. The van der Waals surface area contributed by atoms with Crippen LogP contribution in [0, 0.1) is 0 Å². The van der Waals surface area contributed by atoms with Crippen molar-refractivity contribution in [1.82, 2.24) is 18.3 Å². The van der Waals surface area contributed by atoms with E-state index in [1.54, 1.807) is 0 Å². The molecule has 15 aromatic carbocycles. The molecule has 19 aromatic rings. The Labute approximate surface area is 518 Å². The molecule has 90 heavy (non-hydrogen) atoms. The van der Waals surface area contributed by atoms with Gasteiger partial charge in [0.15, 0.2) is 0 Å². The summed E-state index contributed by atoms with van der Waals surface area (Å²) in [5.41, 5.74) is 23.5. The van der Waals surface area contributed by atoms with Crippen LogP contribution in [0.5, 0.6) is 0 Å². The number of hydrogen-bond acceptors (Lipinski definition) is 0. The van der Waals surface area contributed by atoms with Gasteiger partial charge >= 0.3 is 0 Å². The average molecular weight is 1140 g/mol. The first-order chi connectivity index (χ1) is 44.6. The van der Waals surface area contributed by atoms with Crippen LogP contribution in [0.1, 0.15) is 0 Å². The quantitative estimate of drug-likeness (QED) is 0.144. The van der Waals surface area contributed by atoms with Gasteiger partial charge in [0, 0.05) is 65.8 Å². The summed E-state index contributed by atoms with van der Waals surface area (Å²) in [4.78, 5) is 0. The molecule has 0 N–H and O–H groups in total. The van der Waals surface area contributed by atoms with Gasteiger partial charge in [0.25, 0.3) is 0 Å². The number of nitrogens with zero attached hydrogens (tertiary/aromatic N) is 4. The minimum Gasteiger partial charge on any atom is -0.309 e. The molecule has 0 aliphatic rings. The molecule has 4 nitrogen and oxygen atoms in total. The fourth-order valence-electron chi connectivity index (χ4n) is 14.8. The Balaban J connectivity index is 0.754. The highest BCUT2D eigenvalue weighted by Gasteiger charge is 2.21. The molecule has 0 unspecified atom stereocenters. The molecule has 0 aliphatic heterocycles. The van der Waals surface area contributed by atoms with E-state index in [0.29, 0.717) is 0 Å². The van der Waals surface area contributed by atoms with Crippen molar-refractivity contribution in [2.75, 3.05) is 0 Å². The van der Waals surface area contributed by atoms with E-state index in [1.807, 2.05) is 0 Å². The van der Waals surface area contributed by atoms with Crippen molar-refractivity contribution in [2.45, 2.75) is 0 Å². The predicted molar refractivity (Wildman–Crippen MR) is 381 cm³/mol. The number of rotatable bonds is 8. The molecule has 0 bridgehead atoms. The first kappa shape index (κ1) is 50.2. The van der Waals surface area contributed by atoms with Crippen molar-refractivity contribution < 1.29 is 0 Å². The van der Waals surface area contributed by atoms with Crippen LogP contribution >= 0.6 is 0 Å². The SMILES string of the molecule is c1ccc(-n2c3ccccc3c3cc(-c4ccc5c(c4)c4ccc(-c6ccc7c8cc(-c9ccc%10c(c9)c9ccccc9n%10-c9ccc%10ccccc%10c9)ccc8n(-c8ccccc8)c7c6)cc4n5-c4ccc(-c5ccc6ccccc6c5)cc4)ccc32)cc1. The van der Waals surface area contributed by atoms with Gasteiger partial charge in [-0.15, -0.1) is 0 Å². The lowest BCUT2D eigenvalue weighted by molar-refractivity contribution is 1.18. The van der Waals surface area contributed by atoms with Crippen LogP contribution in [-0.2, 0) is 0 Å². The molecule has 19 rings (SSSR count). The highest BCUT2D eigenvalue weighted by atomic mass is 15.0. The van der Waals surface area contributed by atoms with Crippen LogP contribution in [0.15, 0.2) is 328 Å². The van der Waals surface area contributed by atoms with Crippen molar-refractivity contribution in [2.24, 2.45) is 0 Å². The summed E-state index contributed by atoms with van der Waals surface area (Å²) >= 11 is 0. The highest BCUT2D eigenvalue weighted by Crippen LogP contribution is 2.43. The molecule has 0 spiro atoms. The van der Waals surface area contributed by atoms with Crippen molar-refractivity contribution in [1.29, 1.82) is 0 Å². The van der Waals surface area contributed by atoms with Crippen LogP contribution in [0.3, 0.4) is 0 Å². The van der Waals surface area contributed by atoms with E-state index in [9.17, 15) is 0 Å². The summed E-state index contributed by atoms with van der Waals surface area (Å²) in [7, 11) is 0. The largest absolute Gasteiger partial charge is 0.309 e. The van der Waals surface area contributed by atoms with Crippen LogP contribution in [0.4, 0.5) is 0 Å². The molecular formula is C86H54N4. The van der Waals surface area contributed by atoms with E-state index in [1.165, 1.54) is 126 Å². The molecule has 0 radical (unpaired) electrons. The molecule has 4 aromatic heterocycles. The summed E-state index contributed by atoms with van der Waals surface area (Å²) in [5.74, 6) is 0. The van der Waals surface area contributed by atoms with Gasteiger partial charge in [0.05, 0.1) is 44.1 Å². The van der Waals surface area contributed by atoms with Crippen molar-refractivity contribution in [3.63, 3.8) is 0 Å². The van der Waals surface area contributed by atoms with E-state index in [4.69, 9.17) is 0 Å². The Morgan fingerprint density at radius 3 is 0.900 bits per heavy atom. The Kier molecular flexibility index (Phi) is 11.0. The van der Waals surface area contributed by atoms with Crippen molar-refractivity contribution in [3.8, 4) is 67.3 Å². The Morgan fingerprint density at radius 2 is 0.422 bits per heavy atom. The molecule has 0 amide bonds. The summed E-state index contributed by atoms with van der Waals surface area (Å²) in [6, 6.07) is 121. The number of aromatic nitrogens is 4. The number of hydrogen-bond donors (Lipinski definition) is 0. The molecule has 0 saturated carbocycles. The minimum atomic E-state index is 1.12. The molecular weight excluding hydrogens is 1090 g/mol. The van der Waals surface area contributed by atoms with Crippen LogP contribution < -0.4 is 0 Å². The maximum atomic E-state index is 2.47. The second kappa shape index (κ2) is 19.8. The van der Waals surface area contributed by atoms with Crippen LogP contribution in [0.2, 0.25) is 0 Å². The molecule has 4 heteroatoms. The topological polar surface area (TPSA) is 19.7 Å². The third-order valence-electron chi connectivity index (χ3n) is 19.1. The van der Waals surface area contributed by atoms with Crippen molar-refractivity contribution in [3.05, 3.63) is 328 Å². The maximum absolute atomic E-state index is 2.47. The zero-order valence-electron chi connectivity index (χ0n) is 49.0. The van der Waals surface area contributed by atoms with Gasteiger partial charge in [-0.25, -0.2) is 0 Å². The zero-order valence-corrected chi connectivity index (χ0v) is 49.0. The molecule has 418 valence electrons.